The number of esters is 1. The van der Waals surface area contributed by atoms with E-state index in [4.69, 9.17) is 14.2 Å². The lowest BCUT2D eigenvalue weighted by molar-refractivity contribution is -0.142. The van der Waals surface area contributed by atoms with E-state index in [1.807, 2.05) is 26.0 Å². The minimum atomic E-state index is -1.08. The van der Waals surface area contributed by atoms with Gasteiger partial charge in [0.15, 0.2) is 0 Å². The number of rotatable bonds is 7. The van der Waals surface area contributed by atoms with E-state index in [2.05, 4.69) is 15.2 Å². The van der Waals surface area contributed by atoms with Crippen LogP contribution in [-0.4, -0.2) is 66.5 Å². The van der Waals surface area contributed by atoms with E-state index in [1.54, 1.807) is 24.6 Å². The molecule has 1 atom stereocenters. The fraction of sp³-hybridized carbons (Fsp3) is 0.471. The summed E-state index contributed by atoms with van der Waals surface area (Å²) in [5.41, 5.74) is 4.71. The van der Waals surface area contributed by atoms with Crippen LogP contribution in [0.25, 0.3) is 11.3 Å². The number of fused-ring (bicyclic) bond motifs is 1. The summed E-state index contributed by atoms with van der Waals surface area (Å²) >= 11 is 0. The molecule has 0 bridgehead atoms. The molecule has 2 aromatic carbocycles. The molecule has 1 N–H and O–H groups in total. The van der Waals surface area contributed by atoms with Gasteiger partial charge in [0.25, 0.3) is 11.5 Å². The number of halogens is 1. The number of morpholine rings is 1. The largest absolute Gasteiger partial charge is 0.493 e. The molecule has 3 aliphatic rings. The lowest BCUT2D eigenvalue weighted by Crippen LogP contribution is -2.44. The van der Waals surface area contributed by atoms with Crippen LogP contribution in [0.4, 0.5) is 10.1 Å². The van der Waals surface area contributed by atoms with Gasteiger partial charge in [-0.3, -0.25) is 9.59 Å². The molecule has 2 aliphatic heterocycles. The Hall–Kier alpha value is -4.25. The van der Waals surface area contributed by atoms with Crippen LogP contribution in [0.2, 0.25) is 0 Å². The van der Waals surface area contributed by atoms with E-state index < -0.39 is 23.7 Å². The van der Waals surface area contributed by atoms with Gasteiger partial charge in [-0.1, -0.05) is 6.07 Å². The summed E-state index contributed by atoms with van der Waals surface area (Å²) in [6.07, 6.45) is 3.50. The normalized spacial score (nSPS) is 17.3. The number of anilines is 1. The predicted molar refractivity (Wildman–Crippen MR) is 166 cm³/mol. The lowest BCUT2D eigenvalue weighted by atomic mass is 9.91. The van der Waals surface area contributed by atoms with Crippen LogP contribution in [-0.2, 0) is 34.2 Å². The molecule has 1 saturated heterocycles. The Bertz CT molecular complexity index is 1720. The van der Waals surface area contributed by atoms with Crippen molar-refractivity contribution in [2.45, 2.75) is 64.5 Å². The van der Waals surface area contributed by atoms with Crippen molar-refractivity contribution in [2.24, 2.45) is 7.05 Å². The van der Waals surface area contributed by atoms with Crippen LogP contribution in [0.3, 0.4) is 0 Å². The topological polar surface area (TPSA) is 112 Å². The number of hydrogen-bond acceptors (Lipinski definition) is 8. The number of carbonyl (C=O) groups is 2. The van der Waals surface area contributed by atoms with Gasteiger partial charge in [-0.15, -0.1) is 0 Å². The molecule has 2 fully saturated rings. The van der Waals surface area contributed by atoms with Gasteiger partial charge in [-0.25, -0.2) is 14.2 Å². The summed E-state index contributed by atoms with van der Waals surface area (Å²) in [7, 11) is 2.96. The van der Waals surface area contributed by atoms with Gasteiger partial charge in [0.1, 0.15) is 23.3 Å². The summed E-state index contributed by atoms with van der Waals surface area (Å²) in [6, 6.07) is 5.71. The zero-order valence-corrected chi connectivity index (χ0v) is 26.4. The van der Waals surface area contributed by atoms with E-state index >= 15 is 4.39 Å². The number of aryl methyl sites for hydroxylation is 2. The minimum absolute atomic E-state index is 0.0946. The molecule has 1 aliphatic carbocycles. The third-order valence-corrected chi connectivity index (χ3v) is 9.38. The molecule has 1 amide bonds. The number of amides is 1. The number of nitrogens with zero attached hydrogens (tertiary/aromatic N) is 3. The smallest absolute Gasteiger partial charge is 0.328 e. The van der Waals surface area contributed by atoms with Crippen LogP contribution in [0.1, 0.15) is 57.7 Å². The van der Waals surface area contributed by atoms with Crippen molar-refractivity contribution in [1.29, 1.82) is 0 Å². The highest BCUT2D eigenvalue weighted by Gasteiger charge is 2.47. The Morgan fingerprint density at radius 3 is 2.67 bits per heavy atom. The van der Waals surface area contributed by atoms with Crippen molar-refractivity contribution < 1.29 is 28.2 Å². The molecule has 45 heavy (non-hydrogen) atoms. The van der Waals surface area contributed by atoms with Gasteiger partial charge in [0.05, 0.1) is 37.2 Å². The number of methoxy groups -OCH3 is 1. The van der Waals surface area contributed by atoms with Crippen molar-refractivity contribution in [1.82, 2.24) is 14.9 Å². The predicted octanol–water partition coefficient (Wildman–Crippen LogP) is 3.72. The van der Waals surface area contributed by atoms with E-state index in [0.717, 1.165) is 41.8 Å². The zero-order chi connectivity index (χ0) is 32.0. The first-order valence-electron chi connectivity index (χ1n) is 15.4. The Kier molecular flexibility index (Phi) is 8.15. The van der Waals surface area contributed by atoms with Crippen LogP contribution in [0, 0.1) is 26.6 Å². The maximum atomic E-state index is 15.5. The minimum Gasteiger partial charge on any atom is -0.493 e. The molecule has 11 heteroatoms. The van der Waals surface area contributed by atoms with Crippen LogP contribution in [0.5, 0.6) is 5.75 Å². The lowest BCUT2D eigenvalue weighted by Gasteiger charge is -2.35. The monoisotopic (exact) mass is 618 g/mol. The van der Waals surface area contributed by atoms with Gasteiger partial charge in [0, 0.05) is 43.5 Å². The van der Waals surface area contributed by atoms with Gasteiger partial charge >= 0.3 is 5.97 Å². The average Bonchev–Trinajstić information content (AvgIpc) is 3.78. The van der Waals surface area contributed by atoms with Crippen molar-refractivity contribution >= 4 is 17.6 Å². The van der Waals surface area contributed by atoms with Crippen LogP contribution in [0.15, 0.2) is 29.1 Å². The molecular weight excluding hydrogens is 579 g/mol. The fourth-order valence-corrected chi connectivity index (χ4v) is 6.42. The van der Waals surface area contributed by atoms with Crippen LogP contribution >= 0.6 is 0 Å². The van der Waals surface area contributed by atoms with Gasteiger partial charge in [-0.2, -0.15) is 0 Å². The standard InChI is InChI=1S/C34H39FN4O6/c1-19-15-23(39-12-14-45-34(18-39)10-11-34)17-26(35)28(19)31(40)37-27(33(42)43-5)16-22-8-9-25(30-24(22)7-6-13-44-30)29-32(41)38(4)21(3)20(2)36-29/h8-9,15,17,27H,6-7,10-14,16,18H2,1-5H3,(H,37,40)/t27-/m0/s1. The third-order valence-electron chi connectivity index (χ3n) is 9.38. The van der Waals surface area contributed by atoms with Crippen molar-refractivity contribution in [3.05, 3.63) is 74.1 Å². The number of carbonyl (C=O) groups excluding carboxylic acids is 2. The van der Waals surface area contributed by atoms with E-state index in [9.17, 15) is 14.4 Å². The maximum absolute atomic E-state index is 15.5. The first-order chi connectivity index (χ1) is 21.5. The second kappa shape index (κ2) is 11.9. The first kappa shape index (κ1) is 30.8. The van der Waals surface area contributed by atoms with E-state index in [1.165, 1.54) is 13.2 Å². The second-order valence-electron chi connectivity index (χ2n) is 12.4. The highest BCUT2D eigenvalue weighted by Crippen LogP contribution is 2.43. The Balaban J connectivity index is 1.28. The highest BCUT2D eigenvalue weighted by molar-refractivity contribution is 5.98. The molecular formula is C34H39FN4O6. The molecule has 1 spiro atoms. The number of nitrogens with one attached hydrogen (secondary N) is 1. The van der Waals surface area contributed by atoms with Gasteiger partial charge in [0.2, 0.25) is 0 Å². The fourth-order valence-electron chi connectivity index (χ4n) is 6.42. The molecule has 10 nitrogen and oxygen atoms in total. The third kappa shape index (κ3) is 5.81. The maximum Gasteiger partial charge on any atom is 0.328 e. The van der Waals surface area contributed by atoms with Crippen molar-refractivity contribution in [3.8, 4) is 17.0 Å². The number of ether oxygens (including phenoxy) is 3. The molecule has 0 radical (unpaired) electrons. The van der Waals surface area contributed by atoms with Crippen molar-refractivity contribution in [3.63, 3.8) is 0 Å². The average molecular weight is 619 g/mol. The summed E-state index contributed by atoms with van der Waals surface area (Å²) in [4.78, 5) is 46.3. The SMILES string of the molecule is COC(=O)[C@H](Cc1ccc(-c2nc(C)c(C)n(C)c2=O)c2c1CCCO2)NC(=O)c1c(C)cc(N2CCOC3(CC3)C2)cc1F. The Morgan fingerprint density at radius 2 is 1.96 bits per heavy atom. The molecule has 6 rings (SSSR count). The number of benzene rings is 2. The summed E-state index contributed by atoms with van der Waals surface area (Å²) < 4.78 is 34.1. The Morgan fingerprint density at radius 1 is 1.18 bits per heavy atom. The molecule has 1 saturated carbocycles. The molecule has 238 valence electrons. The second-order valence-corrected chi connectivity index (χ2v) is 12.4. The highest BCUT2D eigenvalue weighted by atomic mass is 19.1. The molecule has 1 aromatic heterocycles. The number of aromatic nitrogens is 2. The quantitative estimate of drug-likeness (QED) is 0.399. The zero-order valence-electron chi connectivity index (χ0n) is 26.4. The summed E-state index contributed by atoms with van der Waals surface area (Å²) in [6.45, 7) is 7.80. The molecule has 3 aromatic rings. The van der Waals surface area contributed by atoms with Crippen molar-refractivity contribution in [2.75, 3.05) is 38.3 Å². The molecule has 3 heterocycles. The van der Waals surface area contributed by atoms with Gasteiger partial charge in [-0.05, 0) is 81.3 Å². The van der Waals surface area contributed by atoms with E-state index in [-0.39, 0.29) is 23.1 Å². The number of hydrogen-bond donors (Lipinski definition) is 1. The van der Waals surface area contributed by atoms with Gasteiger partial charge < -0.3 is 29.0 Å². The summed E-state index contributed by atoms with van der Waals surface area (Å²) in [5.74, 6) is -1.45. The Labute approximate surface area is 261 Å². The molecule has 0 unspecified atom stereocenters. The summed E-state index contributed by atoms with van der Waals surface area (Å²) in [5, 5.41) is 2.73. The van der Waals surface area contributed by atoms with Crippen LogP contribution < -0.4 is 20.5 Å². The first-order valence-corrected chi connectivity index (χ1v) is 15.4. The van der Waals surface area contributed by atoms with E-state index in [0.29, 0.717) is 61.0 Å².